The Morgan fingerprint density at radius 3 is 2.67 bits per heavy atom. The van der Waals surface area contributed by atoms with Crippen LogP contribution in [-0.2, 0) is 4.84 Å². The van der Waals surface area contributed by atoms with Crippen LogP contribution in [0.2, 0.25) is 5.15 Å². The zero-order valence-corrected chi connectivity index (χ0v) is 10.7. The number of nitrogens with one attached hydrogen (secondary N) is 1. The summed E-state index contributed by atoms with van der Waals surface area (Å²) < 4.78 is 1.52. The van der Waals surface area contributed by atoms with Gasteiger partial charge in [-0.1, -0.05) is 29.8 Å². The molecule has 0 atom stereocenters. The molecular weight excluding hydrogens is 254 g/mol. The van der Waals surface area contributed by atoms with Crippen LogP contribution in [-0.4, -0.2) is 22.8 Å². The summed E-state index contributed by atoms with van der Waals surface area (Å²) in [6.45, 7) is 1.72. The number of carbonyl (C=O) groups excluding carboxylic acids is 1. The van der Waals surface area contributed by atoms with Crippen molar-refractivity contribution in [2.45, 2.75) is 6.92 Å². The number of para-hydroxylation sites is 1. The summed E-state index contributed by atoms with van der Waals surface area (Å²) in [5.74, 6) is -0.415. The molecule has 18 heavy (non-hydrogen) atoms. The molecule has 1 aromatic heterocycles. The second-order valence-electron chi connectivity index (χ2n) is 3.63. The van der Waals surface area contributed by atoms with Crippen LogP contribution in [0.5, 0.6) is 0 Å². The molecule has 2 rings (SSSR count). The number of benzene rings is 1. The van der Waals surface area contributed by atoms with Crippen LogP contribution < -0.4 is 5.48 Å². The highest BCUT2D eigenvalue weighted by atomic mass is 35.5. The van der Waals surface area contributed by atoms with E-state index in [0.29, 0.717) is 11.3 Å². The number of hydroxylamine groups is 1. The Bertz CT molecular complexity index is 566. The molecule has 0 fully saturated rings. The predicted octanol–water partition coefficient (Wildman–Crippen LogP) is 2.13. The molecule has 0 radical (unpaired) electrons. The van der Waals surface area contributed by atoms with Crippen molar-refractivity contribution in [1.29, 1.82) is 0 Å². The normalized spacial score (nSPS) is 10.4. The first kappa shape index (κ1) is 12.6. The van der Waals surface area contributed by atoms with E-state index >= 15 is 0 Å². The second kappa shape index (κ2) is 5.20. The monoisotopic (exact) mass is 265 g/mol. The average Bonchev–Trinajstić information content (AvgIpc) is 2.66. The fourth-order valence-electron chi connectivity index (χ4n) is 1.64. The van der Waals surface area contributed by atoms with Crippen LogP contribution >= 0.6 is 11.6 Å². The number of rotatable bonds is 3. The molecule has 5 nitrogen and oxygen atoms in total. The summed E-state index contributed by atoms with van der Waals surface area (Å²) in [6, 6.07) is 9.36. The number of hydrogen-bond acceptors (Lipinski definition) is 3. The molecule has 1 heterocycles. The summed E-state index contributed by atoms with van der Waals surface area (Å²) >= 11 is 6.18. The number of aryl methyl sites for hydroxylation is 1. The number of carbonyl (C=O) groups is 1. The highest BCUT2D eigenvalue weighted by Crippen LogP contribution is 2.23. The third kappa shape index (κ3) is 2.23. The van der Waals surface area contributed by atoms with Gasteiger partial charge >= 0.3 is 0 Å². The standard InChI is InChI=1S/C12H12ClN3O2/c1-8-10(12(17)15-18-2)11(13)16(14-8)9-6-4-3-5-7-9/h3-7H,1-2H3,(H,15,17). The maximum atomic E-state index is 11.8. The smallest absolute Gasteiger partial charge is 0.277 e. The third-order valence-corrected chi connectivity index (χ3v) is 2.78. The highest BCUT2D eigenvalue weighted by Gasteiger charge is 2.20. The molecule has 1 N–H and O–H groups in total. The second-order valence-corrected chi connectivity index (χ2v) is 3.99. The SMILES string of the molecule is CONC(=O)c1c(C)nn(-c2ccccc2)c1Cl. The van der Waals surface area contributed by atoms with Crippen LogP contribution in [0, 0.1) is 6.92 Å². The van der Waals surface area contributed by atoms with Crippen LogP contribution in [0.3, 0.4) is 0 Å². The van der Waals surface area contributed by atoms with Crippen molar-refractivity contribution in [2.75, 3.05) is 7.11 Å². The van der Waals surface area contributed by atoms with Crippen LogP contribution in [0.25, 0.3) is 5.69 Å². The molecule has 1 aromatic carbocycles. The maximum Gasteiger partial charge on any atom is 0.279 e. The van der Waals surface area contributed by atoms with Crippen molar-refractivity contribution < 1.29 is 9.63 Å². The van der Waals surface area contributed by atoms with E-state index in [9.17, 15) is 4.79 Å². The van der Waals surface area contributed by atoms with Gasteiger partial charge < -0.3 is 0 Å². The summed E-state index contributed by atoms with van der Waals surface area (Å²) in [5, 5.41) is 4.51. The lowest BCUT2D eigenvalue weighted by atomic mass is 10.2. The van der Waals surface area contributed by atoms with E-state index in [1.807, 2.05) is 30.3 Å². The van der Waals surface area contributed by atoms with Crippen molar-refractivity contribution in [3.63, 3.8) is 0 Å². The summed E-state index contributed by atoms with van der Waals surface area (Å²) in [4.78, 5) is 16.3. The molecule has 1 amide bonds. The fourth-order valence-corrected chi connectivity index (χ4v) is 2.00. The lowest BCUT2D eigenvalue weighted by molar-refractivity contribution is 0.0537. The minimum Gasteiger partial charge on any atom is -0.277 e. The number of nitrogens with zero attached hydrogens (tertiary/aromatic N) is 2. The van der Waals surface area contributed by atoms with Gasteiger partial charge in [-0.15, -0.1) is 0 Å². The Morgan fingerprint density at radius 2 is 2.06 bits per heavy atom. The quantitative estimate of drug-likeness (QED) is 0.865. The van der Waals surface area contributed by atoms with Crippen LogP contribution in [0.1, 0.15) is 16.1 Å². The number of halogens is 1. The first-order chi connectivity index (χ1) is 8.65. The van der Waals surface area contributed by atoms with E-state index < -0.39 is 5.91 Å². The molecule has 94 valence electrons. The zero-order chi connectivity index (χ0) is 13.1. The number of hydrogen-bond donors (Lipinski definition) is 1. The van der Waals surface area contributed by atoms with Gasteiger partial charge in [0.1, 0.15) is 10.7 Å². The molecular formula is C12H12ClN3O2. The molecule has 0 bridgehead atoms. The van der Waals surface area contributed by atoms with Crippen LogP contribution in [0.4, 0.5) is 0 Å². The van der Waals surface area contributed by atoms with Crippen molar-refractivity contribution in [2.24, 2.45) is 0 Å². The van der Waals surface area contributed by atoms with E-state index in [0.717, 1.165) is 5.69 Å². The Balaban J connectivity index is 2.47. The number of amides is 1. The Morgan fingerprint density at radius 1 is 1.39 bits per heavy atom. The molecule has 0 spiro atoms. The Labute approximate surface area is 109 Å². The minimum absolute atomic E-state index is 0.258. The first-order valence-electron chi connectivity index (χ1n) is 5.29. The van der Waals surface area contributed by atoms with Crippen LogP contribution in [0.15, 0.2) is 30.3 Å². The summed E-state index contributed by atoms with van der Waals surface area (Å²) in [5.41, 5.74) is 3.87. The van der Waals surface area contributed by atoms with E-state index in [-0.39, 0.29) is 5.15 Å². The Hall–Kier alpha value is -1.85. The van der Waals surface area contributed by atoms with Gasteiger partial charge in [0.05, 0.1) is 18.5 Å². The van der Waals surface area contributed by atoms with Crippen molar-refractivity contribution >= 4 is 17.5 Å². The lowest BCUT2D eigenvalue weighted by Crippen LogP contribution is -2.22. The molecule has 0 saturated carbocycles. The van der Waals surface area contributed by atoms with E-state index in [2.05, 4.69) is 15.4 Å². The van der Waals surface area contributed by atoms with Crippen molar-refractivity contribution in [3.8, 4) is 5.69 Å². The van der Waals surface area contributed by atoms with Gasteiger partial charge in [0.2, 0.25) is 0 Å². The van der Waals surface area contributed by atoms with Crippen molar-refractivity contribution in [3.05, 3.63) is 46.7 Å². The molecule has 6 heteroatoms. The molecule has 2 aromatic rings. The van der Waals surface area contributed by atoms with E-state index in [1.165, 1.54) is 11.8 Å². The highest BCUT2D eigenvalue weighted by molar-refractivity contribution is 6.33. The van der Waals surface area contributed by atoms with Gasteiger partial charge in [-0.25, -0.2) is 10.2 Å². The Kier molecular flexibility index (Phi) is 3.64. The van der Waals surface area contributed by atoms with Gasteiger partial charge in [0.25, 0.3) is 5.91 Å². The largest absolute Gasteiger partial charge is 0.279 e. The van der Waals surface area contributed by atoms with Gasteiger partial charge in [0, 0.05) is 0 Å². The predicted molar refractivity (Wildman–Crippen MR) is 67.8 cm³/mol. The molecule has 0 aliphatic rings. The molecule has 0 saturated heterocycles. The molecule has 0 unspecified atom stereocenters. The minimum atomic E-state index is -0.415. The number of aromatic nitrogens is 2. The van der Waals surface area contributed by atoms with Gasteiger partial charge in [-0.05, 0) is 19.1 Å². The molecule has 0 aliphatic carbocycles. The summed E-state index contributed by atoms with van der Waals surface area (Å²) in [7, 11) is 1.36. The van der Waals surface area contributed by atoms with Gasteiger partial charge in [-0.3, -0.25) is 9.63 Å². The zero-order valence-electron chi connectivity index (χ0n) is 9.98. The van der Waals surface area contributed by atoms with Gasteiger partial charge in [0.15, 0.2) is 0 Å². The first-order valence-corrected chi connectivity index (χ1v) is 5.66. The lowest BCUT2D eigenvalue weighted by Gasteiger charge is -2.03. The van der Waals surface area contributed by atoms with Crippen molar-refractivity contribution in [1.82, 2.24) is 15.3 Å². The molecule has 0 aliphatic heterocycles. The topological polar surface area (TPSA) is 56.1 Å². The van der Waals surface area contributed by atoms with E-state index in [1.54, 1.807) is 6.92 Å². The summed E-state index contributed by atoms with van der Waals surface area (Å²) in [6.07, 6.45) is 0. The van der Waals surface area contributed by atoms with Gasteiger partial charge in [-0.2, -0.15) is 5.10 Å². The third-order valence-electron chi connectivity index (χ3n) is 2.43. The average molecular weight is 266 g/mol. The fraction of sp³-hybridized carbons (Fsp3) is 0.167. The maximum absolute atomic E-state index is 11.8. The van der Waals surface area contributed by atoms with E-state index in [4.69, 9.17) is 11.6 Å².